The number of benzene rings is 2. The highest BCUT2D eigenvalue weighted by molar-refractivity contribution is 6.01. The van der Waals surface area contributed by atoms with Crippen LogP contribution in [-0.4, -0.2) is 31.1 Å². The quantitative estimate of drug-likeness (QED) is 0.210. The van der Waals surface area contributed by atoms with Gasteiger partial charge < -0.3 is 24.0 Å². The van der Waals surface area contributed by atoms with Crippen molar-refractivity contribution in [2.75, 3.05) is 0 Å². The molecule has 0 spiro atoms. The zero-order valence-electron chi connectivity index (χ0n) is 23.9. The van der Waals surface area contributed by atoms with Gasteiger partial charge in [-0.15, -0.1) is 0 Å². The van der Waals surface area contributed by atoms with Gasteiger partial charge in [-0.2, -0.15) is 0 Å². The van der Waals surface area contributed by atoms with E-state index >= 15 is 0 Å². The first kappa shape index (κ1) is 26.3. The molecule has 2 aliphatic rings. The number of hydrogen-bond acceptors (Lipinski definition) is 4. The number of carboxylic acids is 1. The Morgan fingerprint density at radius 2 is 1.83 bits per heavy atom. The maximum Gasteiger partial charge on any atom is 0.328 e. The van der Waals surface area contributed by atoms with Gasteiger partial charge >= 0.3 is 5.97 Å². The summed E-state index contributed by atoms with van der Waals surface area (Å²) in [5.74, 6) is 0.229. The number of carbonyl (C=O) groups excluding carboxylic acids is 1. The summed E-state index contributed by atoms with van der Waals surface area (Å²) in [6.07, 6.45) is 13.7. The fourth-order valence-electron chi connectivity index (χ4n) is 7.12. The third-order valence-corrected chi connectivity index (χ3v) is 9.37. The number of carbonyl (C=O) groups is 2. The van der Waals surface area contributed by atoms with E-state index in [0.29, 0.717) is 11.5 Å². The van der Waals surface area contributed by atoms with Crippen LogP contribution in [0.4, 0.5) is 0 Å². The summed E-state index contributed by atoms with van der Waals surface area (Å²) in [4.78, 5) is 29.8. The molecule has 0 unspecified atom stereocenters. The van der Waals surface area contributed by atoms with E-state index in [-0.39, 0.29) is 5.91 Å². The standard InChI is InChI=1S/C34H34N4O4/c1-37-28-19-23(10-11-25(28)30(22-6-3-4-7-22)31(37)24-14-17-42-20-24)32(41)36-34(15-5-16-34)33-35-26-18-21(9-13-29(39)40)8-12-27(26)38(33)2/h8-14,17-20,22H,3-7,15-16H2,1-2H3,(H,36,41)(H,39,40)/b13-9+. The van der Waals surface area contributed by atoms with Gasteiger partial charge in [-0.25, -0.2) is 9.78 Å². The van der Waals surface area contributed by atoms with Crippen molar-refractivity contribution in [2.45, 2.75) is 56.4 Å². The van der Waals surface area contributed by atoms with Gasteiger partial charge in [-0.05, 0) is 85.6 Å². The summed E-state index contributed by atoms with van der Waals surface area (Å²) in [6.45, 7) is 0. The number of carboxylic acid groups (broad SMARTS) is 1. The highest BCUT2D eigenvalue weighted by Crippen LogP contribution is 2.45. The second-order valence-electron chi connectivity index (χ2n) is 11.9. The van der Waals surface area contributed by atoms with Crippen molar-refractivity contribution in [3.8, 4) is 11.3 Å². The zero-order valence-corrected chi connectivity index (χ0v) is 23.9. The van der Waals surface area contributed by atoms with E-state index in [4.69, 9.17) is 14.5 Å². The molecule has 214 valence electrons. The number of imidazole rings is 1. The molecule has 0 aliphatic heterocycles. The van der Waals surface area contributed by atoms with E-state index in [0.717, 1.165) is 58.8 Å². The fourth-order valence-corrected chi connectivity index (χ4v) is 7.12. The van der Waals surface area contributed by atoms with E-state index in [1.54, 1.807) is 12.3 Å². The molecule has 8 nitrogen and oxygen atoms in total. The molecule has 8 heteroatoms. The van der Waals surface area contributed by atoms with Crippen LogP contribution >= 0.6 is 0 Å². The van der Waals surface area contributed by atoms with Crippen molar-refractivity contribution in [3.05, 3.63) is 83.6 Å². The van der Waals surface area contributed by atoms with Crippen LogP contribution in [0.15, 0.2) is 65.5 Å². The molecule has 0 radical (unpaired) electrons. The lowest BCUT2D eigenvalue weighted by Gasteiger charge is -2.41. The van der Waals surface area contributed by atoms with Crippen molar-refractivity contribution in [3.63, 3.8) is 0 Å². The number of furan rings is 1. The van der Waals surface area contributed by atoms with Crippen LogP contribution < -0.4 is 5.32 Å². The average Bonchev–Trinajstić information content (AvgIpc) is 3.77. The minimum Gasteiger partial charge on any atom is -0.478 e. The lowest BCUT2D eigenvalue weighted by molar-refractivity contribution is -0.131. The van der Waals surface area contributed by atoms with Crippen LogP contribution in [0.1, 0.15) is 78.2 Å². The highest BCUT2D eigenvalue weighted by atomic mass is 16.4. The molecule has 0 atom stereocenters. The van der Waals surface area contributed by atoms with Gasteiger partial charge in [0, 0.05) is 42.2 Å². The van der Waals surface area contributed by atoms with E-state index < -0.39 is 11.5 Å². The molecule has 5 aromatic rings. The van der Waals surface area contributed by atoms with Gasteiger partial charge in [0.15, 0.2) is 0 Å². The Hall–Kier alpha value is -4.59. The van der Waals surface area contributed by atoms with Crippen LogP contribution in [-0.2, 0) is 24.4 Å². The number of rotatable bonds is 7. The Balaban J connectivity index is 1.24. The lowest BCUT2D eigenvalue weighted by Crippen LogP contribution is -2.52. The van der Waals surface area contributed by atoms with Crippen molar-refractivity contribution in [1.29, 1.82) is 0 Å². The molecular formula is C34H34N4O4. The first-order valence-corrected chi connectivity index (χ1v) is 14.7. The molecule has 2 fully saturated rings. The Bertz CT molecular complexity index is 1860. The predicted molar refractivity (Wildman–Crippen MR) is 162 cm³/mol. The molecule has 2 aliphatic carbocycles. The monoisotopic (exact) mass is 562 g/mol. The Kier molecular flexibility index (Phi) is 6.30. The number of amides is 1. The third kappa shape index (κ3) is 4.24. The molecule has 2 N–H and O–H groups in total. The van der Waals surface area contributed by atoms with Crippen LogP contribution in [0, 0.1) is 0 Å². The Labute approximate surface area is 243 Å². The highest BCUT2D eigenvalue weighted by Gasteiger charge is 2.44. The van der Waals surface area contributed by atoms with Crippen molar-refractivity contribution in [2.24, 2.45) is 14.1 Å². The molecule has 3 heterocycles. The van der Waals surface area contributed by atoms with Gasteiger partial charge in [0.1, 0.15) is 5.82 Å². The Morgan fingerprint density at radius 1 is 1.02 bits per heavy atom. The number of fused-ring (bicyclic) bond motifs is 2. The van der Waals surface area contributed by atoms with Crippen molar-refractivity contribution >= 4 is 39.9 Å². The summed E-state index contributed by atoms with van der Waals surface area (Å²) in [6, 6.07) is 13.8. The number of aliphatic carboxylic acids is 1. The second-order valence-corrected chi connectivity index (χ2v) is 11.9. The van der Waals surface area contributed by atoms with Crippen LogP contribution in [0.2, 0.25) is 0 Å². The zero-order chi connectivity index (χ0) is 29.0. The molecule has 1 amide bonds. The molecule has 2 saturated carbocycles. The Morgan fingerprint density at radius 3 is 2.52 bits per heavy atom. The van der Waals surface area contributed by atoms with E-state index in [1.807, 2.05) is 54.3 Å². The number of nitrogens with zero attached hydrogens (tertiary/aromatic N) is 3. The van der Waals surface area contributed by atoms with Gasteiger partial charge in [-0.1, -0.05) is 25.0 Å². The number of nitrogens with one attached hydrogen (secondary N) is 1. The summed E-state index contributed by atoms with van der Waals surface area (Å²) in [5.41, 5.74) is 7.22. The smallest absolute Gasteiger partial charge is 0.328 e. The molecule has 7 rings (SSSR count). The fraction of sp³-hybridized carbons (Fsp3) is 0.324. The molecule has 0 bridgehead atoms. The largest absolute Gasteiger partial charge is 0.478 e. The van der Waals surface area contributed by atoms with Crippen molar-refractivity contribution in [1.82, 2.24) is 19.4 Å². The summed E-state index contributed by atoms with van der Waals surface area (Å²) in [5, 5.41) is 13.6. The van der Waals surface area contributed by atoms with Gasteiger partial charge in [0.25, 0.3) is 5.91 Å². The number of aryl methyl sites for hydroxylation is 2. The van der Waals surface area contributed by atoms with Gasteiger partial charge in [0.05, 0.1) is 34.8 Å². The first-order valence-electron chi connectivity index (χ1n) is 14.7. The maximum absolute atomic E-state index is 13.9. The topological polar surface area (TPSA) is 102 Å². The summed E-state index contributed by atoms with van der Waals surface area (Å²) >= 11 is 0. The SMILES string of the molecule is Cn1c(C2(NC(=O)c3ccc4c(C5CCCC5)c(-c5ccoc5)n(C)c4c3)CCC2)nc2cc(/C=C/C(=O)O)ccc21. The maximum atomic E-state index is 13.9. The van der Waals surface area contributed by atoms with E-state index in [1.165, 1.54) is 42.3 Å². The molecule has 3 aromatic heterocycles. The van der Waals surface area contributed by atoms with Gasteiger partial charge in [0.2, 0.25) is 0 Å². The number of aromatic nitrogens is 3. The van der Waals surface area contributed by atoms with Crippen LogP contribution in [0.3, 0.4) is 0 Å². The third-order valence-electron chi connectivity index (χ3n) is 9.37. The number of hydrogen-bond donors (Lipinski definition) is 2. The predicted octanol–water partition coefficient (Wildman–Crippen LogP) is 6.89. The van der Waals surface area contributed by atoms with Crippen LogP contribution in [0.5, 0.6) is 0 Å². The van der Waals surface area contributed by atoms with Crippen LogP contribution in [0.25, 0.3) is 39.3 Å². The minimum absolute atomic E-state index is 0.109. The van der Waals surface area contributed by atoms with Gasteiger partial charge in [-0.3, -0.25) is 4.79 Å². The normalized spacial score (nSPS) is 16.9. The van der Waals surface area contributed by atoms with E-state index in [9.17, 15) is 9.59 Å². The molecular weight excluding hydrogens is 528 g/mol. The summed E-state index contributed by atoms with van der Waals surface area (Å²) in [7, 11) is 4.05. The average molecular weight is 563 g/mol. The second kappa shape index (κ2) is 10.0. The molecule has 2 aromatic carbocycles. The molecule has 0 saturated heterocycles. The van der Waals surface area contributed by atoms with Crippen molar-refractivity contribution < 1.29 is 19.1 Å². The summed E-state index contributed by atoms with van der Waals surface area (Å²) < 4.78 is 9.72. The van der Waals surface area contributed by atoms with E-state index in [2.05, 4.69) is 23.0 Å². The molecule has 42 heavy (non-hydrogen) atoms. The lowest BCUT2D eigenvalue weighted by atomic mass is 9.75. The first-order chi connectivity index (χ1) is 20.3. The minimum atomic E-state index is -0.992.